The number of nitrogens with zero attached hydrogens (tertiary/aromatic N) is 2. The minimum atomic E-state index is 0.781. The first-order valence-corrected chi connectivity index (χ1v) is 4.88. The van der Waals surface area contributed by atoms with Gasteiger partial charge in [0.15, 0.2) is 0 Å². The van der Waals surface area contributed by atoms with Gasteiger partial charge >= 0.3 is 0 Å². The van der Waals surface area contributed by atoms with E-state index < -0.39 is 0 Å². The Bertz CT molecular complexity index is 450. The van der Waals surface area contributed by atoms with Gasteiger partial charge in [0, 0.05) is 30.4 Å². The molecule has 2 rings (SSSR count). The average Bonchev–Trinajstić information content (AvgIpc) is 2.38. The van der Waals surface area contributed by atoms with E-state index in [0.717, 1.165) is 23.0 Å². The zero-order valence-electron chi connectivity index (χ0n) is 8.58. The number of allylic oxidation sites excluding steroid dienone is 1. The quantitative estimate of drug-likeness (QED) is 0.575. The van der Waals surface area contributed by atoms with Crippen LogP contribution in [0.1, 0.15) is 11.1 Å². The molecule has 0 saturated carbocycles. The lowest BCUT2D eigenvalue weighted by atomic mass is 10.0. The highest BCUT2D eigenvalue weighted by Gasteiger charge is 2.03. The van der Waals surface area contributed by atoms with Gasteiger partial charge in [-0.15, -0.1) is 0 Å². The highest BCUT2D eigenvalue weighted by Crippen LogP contribution is 2.21. The Morgan fingerprint density at radius 3 is 2.44 bits per heavy atom. The molecule has 0 fully saturated rings. The molecule has 0 saturated heterocycles. The largest absolute Gasteiger partial charge is 0.299 e. The van der Waals surface area contributed by atoms with Crippen LogP contribution in [0.25, 0.3) is 5.57 Å². The number of carbonyl (C=O) groups excluding carboxylic acids is 1. The van der Waals surface area contributed by atoms with Gasteiger partial charge in [-0.2, -0.15) is 0 Å². The molecule has 0 aliphatic rings. The minimum Gasteiger partial charge on any atom is -0.299 e. The summed E-state index contributed by atoms with van der Waals surface area (Å²) in [6, 6.07) is 7.49. The summed E-state index contributed by atoms with van der Waals surface area (Å²) in [6.45, 7) is 0. The van der Waals surface area contributed by atoms with Crippen LogP contribution in [-0.2, 0) is 4.79 Å². The lowest BCUT2D eigenvalue weighted by Crippen LogP contribution is -1.89. The van der Waals surface area contributed by atoms with E-state index in [4.69, 9.17) is 0 Å². The van der Waals surface area contributed by atoms with Crippen LogP contribution in [0.3, 0.4) is 0 Å². The van der Waals surface area contributed by atoms with E-state index in [1.165, 1.54) is 6.08 Å². The molecule has 78 valence electrons. The fourth-order valence-corrected chi connectivity index (χ4v) is 1.48. The number of aromatic nitrogens is 2. The third-order valence-corrected chi connectivity index (χ3v) is 2.20. The summed E-state index contributed by atoms with van der Waals surface area (Å²) in [5.74, 6) is 0. The zero-order valence-corrected chi connectivity index (χ0v) is 8.58. The molecule has 3 heteroatoms. The van der Waals surface area contributed by atoms with Crippen LogP contribution in [0, 0.1) is 0 Å². The van der Waals surface area contributed by atoms with E-state index in [1.807, 2.05) is 24.3 Å². The fraction of sp³-hybridized carbons (Fsp3) is 0. The Labute approximate surface area is 93.5 Å². The van der Waals surface area contributed by atoms with E-state index in [0.29, 0.717) is 0 Å². The van der Waals surface area contributed by atoms with Crippen molar-refractivity contribution in [1.82, 2.24) is 9.97 Å². The van der Waals surface area contributed by atoms with E-state index in [1.54, 1.807) is 24.8 Å². The molecule has 0 aliphatic carbocycles. The third-order valence-electron chi connectivity index (χ3n) is 2.20. The molecule has 3 nitrogen and oxygen atoms in total. The molecule has 2 heterocycles. The Hall–Kier alpha value is -2.29. The van der Waals surface area contributed by atoms with E-state index in [2.05, 4.69) is 9.97 Å². The van der Waals surface area contributed by atoms with E-state index >= 15 is 0 Å². The van der Waals surface area contributed by atoms with Crippen LogP contribution in [0.4, 0.5) is 0 Å². The summed E-state index contributed by atoms with van der Waals surface area (Å²) >= 11 is 0. The molecule has 2 aromatic rings. The minimum absolute atomic E-state index is 0.781. The first-order chi connectivity index (χ1) is 7.92. The van der Waals surface area contributed by atoms with Crippen LogP contribution in [-0.4, -0.2) is 16.3 Å². The lowest BCUT2D eigenvalue weighted by molar-refractivity contribution is -0.104. The first-order valence-electron chi connectivity index (χ1n) is 4.88. The topological polar surface area (TPSA) is 42.9 Å². The molecule has 2 aromatic heterocycles. The highest BCUT2D eigenvalue weighted by atomic mass is 16.1. The standard InChI is InChI=1S/C13H10N2O/c16-9-5-13(11-3-7-14-8-4-11)12-2-1-6-15-10-12/h1-10H. The Balaban J connectivity index is 2.48. The summed E-state index contributed by atoms with van der Waals surface area (Å²) in [6.07, 6.45) is 9.15. The molecule has 0 N–H and O–H groups in total. The molecule has 0 radical (unpaired) electrons. The molecular formula is C13H10N2O. The van der Waals surface area contributed by atoms with Crippen molar-refractivity contribution in [3.63, 3.8) is 0 Å². The van der Waals surface area contributed by atoms with Crippen molar-refractivity contribution in [1.29, 1.82) is 0 Å². The van der Waals surface area contributed by atoms with Crippen molar-refractivity contribution in [2.75, 3.05) is 0 Å². The Morgan fingerprint density at radius 1 is 1.00 bits per heavy atom. The second kappa shape index (κ2) is 4.98. The van der Waals surface area contributed by atoms with Crippen molar-refractivity contribution in [2.45, 2.75) is 0 Å². The average molecular weight is 210 g/mol. The second-order valence-electron chi connectivity index (χ2n) is 3.19. The summed E-state index contributed by atoms with van der Waals surface area (Å²) in [7, 11) is 0. The van der Waals surface area contributed by atoms with Crippen molar-refractivity contribution >= 4 is 11.9 Å². The van der Waals surface area contributed by atoms with Gasteiger partial charge in [-0.1, -0.05) is 6.07 Å². The van der Waals surface area contributed by atoms with Gasteiger partial charge in [-0.3, -0.25) is 14.8 Å². The van der Waals surface area contributed by atoms with Gasteiger partial charge < -0.3 is 0 Å². The summed E-state index contributed by atoms with van der Waals surface area (Å²) < 4.78 is 0. The number of hydrogen-bond acceptors (Lipinski definition) is 3. The van der Waals surface area contributed by atoms with Crippen LogP contribution in [0.2, 0.25) is 0 Å². The molecule has 16 heavy (non-hydrogen) atoms. The molecule has 0 aromatic carbocycles. The van der Waals surface area contributed by atoms with Crippen LogP contribution in [0.5, 0.6) is 0 Å². The predicted octanol–water partition coefficient (Wildman–Crippen LogP) is 2.11. The van der Waals surface area contributed by atoms with Gasteiger partial charge in [0.05, 0.1) is 0 Å². The molecule has 0 atom stereocenters. The predicted molar refractivity (Wildman–Crippen MR) is 61.6 cm³/mol. The van der Waals surface area contributed by atoms with Crippen molar-refractivity contribution < 1.29 is 4.79 Å². The van der Waals surface area contributed by atoms with Gasteiger partial charge in [-0.05, 0) is 35.4 Å². The van der Waals surface area contributed by atoms with Crippen molar-refractivity contribution in [2.24, 2.45) is 0 Å². The molecule has 0 aliphatic heterocycles. The van der Waals surface area contributed by atoms with E-state index in [-0.39, 0.29) is 0 Å². The number of carbonyl (C=O) groups is 1. The number of rotatable bonds is 3. The number of hydrogen-bond donors (Lipinski definition) is 0. The third kappa shape index (κ3) is 2.20. The summed E-state index contributed by atoms with van der Waals surface area (Å²) in [5, 5.41) is 0. The van der Waals surface area contributed by atoms with Crippen LogP contribution in [0.15, 0.2) is 55.1 Å². The molecule has 0 unspecified atom stereocenters. The SMILES string of the molecule is O=CC=C(c1ccncc1)c1cccnc1. The maximum Gasteiger partial charge on any atom is 0.143 e. The van der Waals surface area contributed by atoms with Gasteiger partial charge in [0.25, 0.3) is 0 Å². The van der Waals surface area contributed by atoms with Gasteiger partial charge in [-0.25, -0.2) is 0 Å². The van der Waals surface area contributed by atoms with Gasteiger partial charge in [0.2, 0.25) is 0 Å². The Morgan fingerprint density at radius 2 is 1.81 bits per heavy atom. The summed E-state index contributed by atoms with van der Waals surface area (Å²) in [4.78, 5) is 18.6. The first kappa shape index (κ1) is 10.2. The smallest absolute Gasteiger partial charge is 0.143 e. The van der Waals surface area contributed by atoms with Crippen molar-refractivity contribution in [3.05, 3.63) is 66.3 Å². The molecule has 0 spiro atoms. The van der Waals surface area contributed by atoms with Crippen molar-refractivity contribution in [3.8, 4) is 0 Å². The van der Waals surface area contributed by atoms with E-state index in [9.17, 15) is 4.79 Å². The zero-order chi connectivity index (χ0) is 11.2. The maximum absolute atomic E-state index is 10.6. The maximum atomic E-state index is 10.6. The normalized spacial score (nSPS) is 11.1. The fourth-order valence-electron chi connectivity index (χ4n) is 1.48. The van der Waals surface area contributed by atoms with Gasteiger partial charge in [0.1, 0.15) is 6.29 Å². The molecule has 0 bridgehead atoms. The second-order valence-corrected chi connectivity index (χ2v) is 3.19. The Kier molecular flexibility index (Phi) is 3.18. The molecule has 0 amide bonds. The van der Waals surface area contributed by atoms with Crippen LogP contribution < -0.4 is 0 Å². The summed E-state index contributed by atoms with van der Waals surface area (Å²) in [5.41, 5.74) is 2.72. The number of pyridine rings is 2. The van der Waals surface area contributed by atoms with Crippen LogP contribution >= 0.6 is 0 Å². The monoisotopic (exact) mass is 210 g/mol. The number of aldehydes is 1. The lowest BCUT2D eigenvalue weighted by Gasteiger charge is -2.05. The molecular weight excluding hydrogens is 200 g/mol. The highest BCUT2D eigenvalue weighted by molar-refractivity contribution is 5.89.